The fourth-order valence-corrected chi connectivity index (χ4v) is 4.68. The fraction of sp³-hybridized carbons (Fsp3) is 0.462. The molecule has 2 aromatic carbocycles. The van der Waals surface area contributed by atoms with Gasteiger partial charge in [-0.1, -0.05) is 18.2 Å². The number of halogens is 1. The number of hydrogen-bond acceptors (Lipinski definition) is 6. The standard InChI is InChI=1S/C26H31FN4O3/c1-26(2,3)34-25(33)31-15-20-12-19(17-32)4-6-21(20)24(16-31)30-10-8-29(9-11-30)23-7-5-18(14-28)13-22(23)27/h4-7,12-13,24,32H,8-11,15-17H2,1-3H3/t24-/m0/s1. The normalized spacial score (nSPS) is 18.9. The average molecular weight is 467 g/mol. The maximum Gasteiger partial charge on any atom is 0.410 e. The SMILES string of the molecule is CC(C)(C)OC(=O)N1Cc2cc(CO)ccc2[C@@H](N2CCN(c3ccc(C#N)cc3F)CC2)C1. The Kier molecular flexibility index (Phi) is 6.78. The van der Waals surface area contributed by atoms with E-state index >= 15 is 0 Å². The minimum Gasteiger partial charge on any atom is -0.444 e. The number of nitriles is 1. The molecule has 180 valence electrons. The van der Waals surface area contributed by atoms with Crippen LogP contribution in [0, 0.1) is 17.1 Å². The van der Waals surface area contributed by atoms with Crippen LogP contribution in [0.15, 0.2) is 36.4 Å². The van der Waals surface area contributed by atoms with E-state index in [2.05, 4.69) is 4.90 Å². The van der Waals surface area contributed by atoms with Gasteiger partial charge in [0.2, 0.25) is 0 Å². The third-order valence-electron chi connectivity index (χ3n) is 6.33. The predicted octanol–water partition coefficient (Wildman–Crippen LogP) is 3.80. The van der Waals surface area contributed by atoms with E-state index in [1.54, 1.807) is 17.0 Å². The number of rotatable bonds is 3. The van der Waals surface area contributed by atoms with Gasteiger partial charge in [-0.15, -0.1) is 0 Å². The lowest BCUT2D eigenvalue weighted by Gasteiger charge is -2.44. The third kappa shape index (κ3) is 5.16. The quantitative estimate of drug-likeness (QED) is 0.741. The molecule has 0 saturated carbocycles. The third-order valence-corrected chi connectivity index (χ3v) is 6.33. The molecular weight excluding hydrogens is 435 g/mol. The highest BCUT2D eigenvalue weighted by molar-refractivity contribution is 5.69. The lowest BCUT2D eigenvalue weighted by atomic mass is 9.92. The van der Waals surface area contributed by atoms with Gasteiger partial charge >= 0.3 is 6.09 Å². The maximum absolute atomic E-state index is 14.5. The van der Waals surface area contributed by atoms with Crippen LogP contribution < -0.4 is 4.90 Å². The number of amides is 1. The van der Waals surface area contributed by atoms with Crippen molar-refractivity contribution >= 4 is 11.8 Å². The van der Waals surface area contributed by atoms with Crippen LogP contribution in [0.25, 0.3) is 0 Å². The molecule has 0 unspecified atom stereocenters. The second-order valence-electron chi connectivity index (χ2n) is 9.87. The van der Waals surface area contributed by atoms with Crippen LogP contribution in [0.1, 0.15) is 49.1 Å². The van der Waals surface area contributed by atoms with E-state index in [1.165, 1.54) is 6.07 Å². The molecule has 8 heteroatoms. The topological polar surface area (TPSA) is 80.0 Å². The first-order valence-electron chi connectivity index (χ1n) is 11.6. The Morgan fingerprint density at radius 3 is 2.53 bits per heavy atom. The molecule has 0 bridgehead atoms. The van der Waals surface area contributed by atoms with Crippen molar-refractivity contribution in [2.75, 3.05) is 37.6 Å². The van der Waals surface area contributed by atoms with Crippen LogP contribution in [-0.2, 0) is 17.9 Å². The molecule has 1 fully saturated rings. The van der Waals surface area contributed by atoms with E-state index in [0.29, 0.717) is 50.5 Å². The highest BCUT2D eigenvalue weighted by Gasteiger charge is 2.35. The van der Waals surface area contributed by atoms with Crippen molar-refractivity contribution in [3.05, 3.63) is 64.5 Å². The summed E-state index contributed by atoms with van der Waals surface area (Å²) in [6.07, 6.45) is -0.351. The second kappa shape index (κ2) is 9.61. The molecule has 34 heavy (non-hydrogen) atoms. The van der Waals surface area contributed by atoms with Crippen molar-refractivity contribution in [2.24, 2.45) is 0 Å². The number of aliphatic hydroxyl groups is 1. The van der Waals surface area contributed by atoms with Gasteiger partial charge < -0.3 is 19.6 Å². The minimum atomic E-state index is -0.587. The first-order chi connectivity index (χ1) is 16.2. The Labute approximate surface area is 199 Å². The number of fused-ring (bicyclic) bond motifs is 1. The Morgan fingerprint density at radius 1 is 1.18 bits per heavy atom. The maximum atomic E-state index is 14.5. The highest BCUT2D eigenvalue weighted by Crippen LogP contribution is 2.34. The summed E-state index contributed by atoms with van der Waals surface area (Å²) >= 11 is 0. The van der Waals surface area contributed by atoms with Crippen LogP contribution in [0.2, 0.25) is 0 Å². The van der Waals surface area contributed by atoms with E-state index < -0.39 is 5.60 Å². The second-order valence-corrected chi connectivity index (χ2v) is 9.87. The number of hydrogen-bond donors (Lipinski definition) is 1. The largest absolute Gasteiger partial charge is 0.444 e. The van der Waals surface area contributed by atoms with Crippen molar-refractivity contribution in [3.8, 4) is 6.07 Å². The molecule has 7 nitrogen and oxygen atoms in total. The summed E-state index contributed by atoms with van der Waals surface area (Å²) in [6, 6.07) is 12.5. The van der Waals surface area contributed by atoms with Gasteiger partial charge in [-0.2, -0.15) is 5.26 Å². The Bertz CT molecular complexity index is 1100. The molecule has 1 N–H and O–H groups in total. The van der Waals surface area contributed by atoms with E-state index in [-0.39, 0.29) is 24.6 Å². The van der Waals surface area contributed by atoms with E-state index in [1.807, 2.05) is 49.9 Å². The van der Waals surface area contributed by atoms with Crippen molar-refractivity contribution in [3.63, 3.8) is 0 Å². The number of anilines is 1. The summed E-state index contributed by atoms with van der Waals surface area (Å²) in [4.78, 5) is 18.9. The van der Waals surface area contributed by atoms with Gasteiger partial charge in [0.1, 0.15) is 11.4 Å². The lowest BCUT2D eigenvalue weighted by Crippen LogP contribution is -2.52. The zero-order valence-corrected chi connectivity index (χ0v) is 19.9. The van der Waals surface area contributed by atoms with Crippen molar-refractivity contribution in [1.82, 2.24) is 9.80 Å². The summed E-state index contributed by atoms with van der Waals surface area (Å²) in [5, 5.41) is 18.6. The molecule has 0 aromatic heterocycles. The summed E-state index contributed by atoms with van der Waals surface area (Å²) in [5.41, 5.74) is 3.19. The summed E-state index contributed by atoms with van der Waals surface area (Å²) < 4.78 is 20.2. The molecule has 1 atom stereocenters. The molecule has 0 spiro atoms. The number of piperazine rings is 1. The first-order valence-corrected chi connectivity index (χ1v) is 11.6. The van der Waals surface area contributed by atoms with Crippen LogP contribution in [0.3, 0.4) is 0 Å². The van der Waals surface area contributed by atoms with Crippen molar-refractivity contribution in [2.45, 2.75) is 45.6 Å². The van der Waals surface area contributed by atoms with Crippen LogP contribution in [-0.4, -0.2) is 59.3 Å². The van der Waals surface area contributed by atoms with Gasteiger partial charge in [0.25, 0.3) is 0 Å². The Hall–Kier alpha value is -3.15. The molecule has 4 rings (SSSR count). The van der Waals surface area contributed by atoms with Gasteiger partial charge in [0.15, 0.2) is 0 Å². The van der Waals surface area contributed by atoms with E-state index in [0.717, 1.165) is 16.7 Å². The fourth-order valence-electron chi connectivity index (χ4n) is 4.68. The summed E-state index contributed by atoms with van der Waals surface area (Å²) in [7, 11) is 0. The number of ether oxygens (including phenoxy) is 1. The zero-order valence-electron chi connectivity index (χ0n) is 19.9. The first kappa shape index (κ1) is 24.0. The molecular formula is C26H31FN4O3. The number of carbonyl (C=O) groups is 1. The molecule has 0 aliphatic carbocycles. The van der Waals surface area contributed by atoms with Crippen LogP contribution in [0.5, 0.6) is 0 Å². The smallest absolute Gasteiger partial charge is 0.410 e. The zero-order chi connectivity index (χ0) is 24.5. The predicted molar refractivity (Wildman–Crippen MR) is 127 cm³/mol. The van der Waals surface area contributed by atoms with E-state index in [4.69, 9.17) is 10.00 Å². The molecule has 0 radical (unpaired) electrons. The monoisotopic (exact) mass is 466 g/mol. The van der Waals surface area contributed by atoms with E-state index in [9.17, 15) is 14.3 Å². The number of nitrogens with zero attached hydrogens (tertiary/aromatic N) is 4. The number of aliphatic hydroxyl groups excluding tert-OH is 1. The van der Waals surface area contributed by atoms with Gasteiger partial charge in [0.05, 0.1) is 30.0 Å². The molecule has 2 aromatic rings. The van der Waals surface area contributed by atoms with Gasteiger partial charge in [-0.3, -0.25) is 4.90 Å². The minimum absolute atomic E-state index is 0.0167. The molecule has 2 aliphatic rings. The Balaban J connectivity index is 1.53. The van der Waals surface area contributed by atoms with Gasteiger partial charge in [-0.05, 0) is 55.7 Å². The number of carbonyl (C=O) groups excluding carboxylic acids is 1. The molecule has 1 amide bonds. The van der Waals surface area contributed by atoms with Crippen molar-refractivity contribution in [1.29, 1.82) is 5.26 Å². The van der Waals surface area contributed by atoms with Crippen LogP contribution >= 0.6 is 0 Å². The average Bonchev–Trinajstić information content (AvgIpc) is 2.82. The van der Waals surface area contributed by atoms with Crippen LogP contribution in [0.4, 0.5) is 14.9 Å². The molecule has 2 aliphatic heterocycles. The molecule has 2 heterocycles. The summed E-state index contributed by atoms with van der Waals surface area (Å²) in [6.45, 7) is 9.12. The number of benzene rings is 2. The van der Waals surface area contributed by atoms with Gasteiger partial charge in [0, 0.05) is 39.3 Å². The van der Waals surface area contributed by atoms with Crippen molar-refractivity contribution < 1.29 is 19.0 Å². The summed E-state index contributed by atoms with van der Waals surface area (Å²) in [5.74, 6) is -0.386. The lowest BCUT2D eigenvalue weighted by molar-refractivity contribution is 0.0130. The Morgan fingerprint density at radius 2 is 1.91 bits per heavy atom. The highest BCUT2D eigenvalue weighted by atomic mass is 19.1. The molecule has 1 saturated heterocycles. The van der Waals surface area contributed by atoms with Gasteiger partial charge in [-0.25, -0.2) is 9.18 Å².